The standard InChI is InChI=1S/C6H2F3I2NO/c7-6(8,9)13-4-1-5(11)12-2-3(4)10/h1-2H. The van der Waals surface area contributed by atoms with Crippen LogP contribution in [0.25, 0.3) is 0 Å². The summed E-state index contributed by atoms with van der Waals surface area (Å²) in [6, 6.07) is 1.23. The third kappa shape index (κ3) is 3.83. The van der Waals surface area contributed by atoms with Gasteiger partial charge in [-0.1, -0.05) is 0 Å². The molecule has 0 atom stereocenters. The lowest BCUT2D eigenvalue weighted by Gasteiger charge is -2.09. The number of rotatable bonds is 1. The molecule has 0 aliphatic rings. The number of hydrogen-bond donors (Lipinski definition) is 0. The largest absolute Gasteiger partial charge is 0.573 e. The molecule has 0 spiro atoms. The first kappa shape index (κ1) is 11.3. The SMILES string of the molecule is FC(F)(F)Oc1cc(I)ncc1I. The highest BCUT2D eigenvalue weighted by molar-refractivity contribution is 14.1. The number of pyridine rings is 1. The Morgan fingerprint density at radius 1 is 1.31 bits per heavy atom. The molecule has 72 valence electrons. The number of halogens is 5. The molecule has 1 rings (SSSR count). The Morgan fingerprint density at radius 3 is 2.46 bits per heavy atom. The van der Waals surface area contributed by atoms with Crippen LogP contribution in [0.5, 0.6) is 5.75 Å². The van der Waals surface area contributed by atoms with Gasteiger partial charge in [-0.05, 0) is 45.2 Å². The molecule has 0 bridgehead atoms. The Labute approximate surface area is 99.1 Å². The molecule has 0 N–H and O–H groups in total. The van der Waals surface area contributed by atoms with E-state index in [1.54, 1.807) is 22.6 Å². The maximum atomic E-state index is 11.8. The summed E-state index contributed by atoms with van der Waals surface area (Å²) in [5.41, 5.74) is 0. The van der Waals surface area contributed by atoms with Gasteiger partial charge < -0.3 is 4.74 Å². The first-order chi connectivity index (χ1) is 5.88. The number of hydrogen-bond acceptors (Lipinski definition) is 2. The molecular formula is C6H2F3I2NO. The molecule has 13 heavy (non-hydrogen) atoms. The first-order valence-corrected chi connectivity index (χ1v) is 5.11. The van der Waals surface area contributed by atoms with Gasteiger partial charge in [0.2, 0.25) is 0 Å². The Balaban J connectivity index is 2.94. The second-order valence-electron chi connectivity index (χ2n) is 1.99. The number of ether oxygens (including phenoxy) is 1. The molecular weight excluding hydrogens is 413 g/mol. The minimum absolute atomic E-state index is 0.215. The highest BCUT2D eigenvalue weighted by Crippen LogP contribution is 2.27. The first-order valence-electron chi connectivity index (χ1n) is 2.95. The average molecular weight is 415 g/mol. The zero-order valence-electron chi connectivity index (χ0n) is 5.90. The van der Waals surface area contributed by atoms with Crippen molar-refractivity contribution in [3.8, 4) is 5.75 Å². The monoisotopic (exact) mass is 415 g/mol. The van der Waals surface area contributed by atoms with Gasteiger partial charge in [0, 0.05) is 12.3 Å². The van der Waals surface area contributed by atoms with Crippen LogP contribution < -0.4 is 4.74 Å². The summed E-state index contributed by atoms with van der Waals surface area (Å²) < 4.78 is 40.0. The van der Waals surface area contributed by atoms with Crippen molar-refractivity contribution in [2.75, 3.05) is 0 Å². The molecule has 0 radical (unpaired) electrons. The molecule has 0 aromatic carbocycles. The maximum Gasteiger partial charge on any atom is 0.573 e. The summed E-state index contributed by atoms with van der Waals surface area (Å²) in [6.07, 6.45) is -3.33. The van der Waals surface area contributed by atoms with Crippen LogP contribution >= 0.6 is 45.2 Å². The lowest BCUT2D eigenvalue weighted by molar-refractivity contribution is -0.275. The van der Waals surface area contributed by atoms with E-state index in [0.717, 1.165) is 0 Å². The fourth-order valence-corrected chi connectivity index (χ4v) is 1.43. The van der Waals surface area contributed by atoms with Crippen molar-refractivity contribution >= 4 is 45.2 Å². The van der Waals surface area contributed by atoms with Crippen molar-refractivity contribution in [1.29, 1.82) is 0 Å². The van der Waals surface area contributed by atoms with Gasteiger partial charge in [0.1, 0.15) is 9.45 Å². The lowest BCUT2D eigenvalue weighted by atomic mass is 10.5. The van der Waals surface area contributed by atoms with Gasteiger partial charge in [-0.25, -0.2) is 4.98 Å². The van der Waals surface area contributed by atoms with E-state index in [9.17, 15) is 13.2 Å². The number of aromatic nitrogens is 1. The van der Waals surface area contributed by atoms with Crippen molar-refractivity contribution in [2.24, 2.45) is 0 Å². The van der Waals surface area contributed by atoms with E-state index in [1.807, 2.05) is 22.6 Å². The van der Waals surface area contributed by atoms with Crippen molar-refractivity contribution in [3.05, 3.63) is 19.5 Å². The third-order valence-electron chi connectivity index (χ3n) is 1.01. The molecule has 1 heterocycles. The fourth-order valence-electron chi connectivity index (χ4n) is 0.599. The van der Waals surface area contributed by atoms with Crippen LogP contribution in [0.2, 0.25) is 0 Å². The molecule has 1 aromatic heterocycles. The van der Waals surface area contributed by atoms with Crippen LogP contribution in [-0.4, -0.2) is 11.3 Å². The highest BCUT2D eigenvalue weighted by atomic mass is 127. The van der Waals surface area contributed by atoms with Crippen molar-refractivity contribution in [3.63, 3.8) is 0 Å². The van der Waals surface area contributed by atoms with Gasteiger partial charge in [0.05, 0.1) is 3.57 Å². The molecule has 2 nitrogen and oxygen atoms in total. The van der Waals surface area contributed by atoms with Crippen LogP contribution in [0, 0.1) is 7.27 Å². The van der Waals surface area contributed by atoms with Crippen LogP contribution in [0.15, 0.2) is 12.3 Å². The predicted octanol–water partition coefficient (Wildman–Crippen LogP) is 3.19. The second-order valence-corrected chi connectivity index (χ2v) is 4.25. The van der Waals surface area contributed by atoms with Gasteiger partial charge in [0.25, 0.3) is 0 Å². The van der Waals surface area contributed by atoms with E-state index in [1.165, 1.54) is 12.3 Å². The third-order valence-corrected chi connectivity index (χ3v) is 2.41. The maximum absolute atomic E-state index is 11.8. The predicted molar refractivity (Wildman–Crippen MR) is 56.4 cm³/mol. The Bertz CT molecular complexity index is 315. The van der Waals surface area contributed by atoms with Gasteiger partial charge in [0.15, 0.2) is 0 Å². The summed E-state index contributed by atoms with van der Waals surface area (Å²) in [7, 11) is 0. The number of alkyl halides is 3. The van der Waals surface area contributed by atoms with Gasteiger partial charge in [-0.2, -0.15) is 0 Å². The van der Waals surface area contributed by atoms with Crippen LogP contribution in [0.3, 0.4) is 0 Å². The van der Waals surface area contributed by atoms with Crippen molar-refractivity contribution < 1.29 is 17.9 Å². The highest BCUT2D eigenvalue weighted by Gasteiger charge is 2.32. The van der Waals surface area contributed by atoms with E-state index < -0.39 is 6.36 Å². The smallest absolute Gasteiger partial charge is 0.404 e. The summed E-state index contributed by atoms with van der Waals surface area (Å²) in [5.74, 6) is -0.215. The van der Waals surface area contributed by atoms with E-state index in [0.29, 0.717) is 7.27 Å². The van der Waals surface area contributed by atoms with E-state index in [4.69, 9.17) is 0 Å². The minimum atomic E-state index is -4.65. The zero-order chi connectivity index (χ0) is 10.1. The van der Waals surface area contributed by atoms with Crippen LogP contribution in [0.1, 0.15) is 0 Å². The van der Waals surface area contributed by atoms with Crippen LogP contribution in [0.4, 0.5) is 13.2 Å². The molecule has 1 aromatic rings. The lowest BCUT2D eigenvalue weighted by Crippen LogP contribution is -2.18. The average Bonchev–Trinajstić information content (AvgIpc) is 1.94. The molecule has 0 aliphatic carbocycles. The fraction of sp³-hybridized carbons (Fsp3) is 0.167. The Kier molecular flexibility index (Phi) is 3.60. The zero-order valence-corrected chi connectivity index (χ0v) is 10.2. The summed E-state index contributed by atoms with van der Waals surface area (Å²) in [5, 5.41) is 0. The summed E-state index contributed by atoms with van der Waals surface area (Å²) in [4.78, 5) is 3.80. The van der Waals surface area contributed by atoms with Gasteiger partial charge >= 0.3 is 6.36 Å². The summed E-state index contributed by atoms with van der Waals surface area (Å²) >= 11 is 3.54. The minimum Gasteiger partial charge on any atom is -0.404 e. The van der Waals surface area contributed by atoms with Crippen LogP contribution in [-0.2, 0) is 0 Å². The topological polar surface area (TPSA) is 22.1 Å². The normalized spacial score (nSPS) is 11.5. The molecule has 0 saturated heterocycles. The molecule has 0 fully saturated rings. The Hall–Kier alpha value is 0.200. The van der Waals surface area contributed by atoms with Gasteiger partial charge in [-0.15, -0.1) is 13.2 Å². The van der Waals surface area contributed by atoms with Crippen molar-refractivity contribution in [2.45, 2.75) is 6.36 Å². The second kappa shape index (κ2) is 4.15. The molecule has 7 heteroatoms. The quantitative estimate of drug-likeness (QED) is 0.520. The molecule has 0 aliphatic heterocycles. The van der Waals surface area contributed by atoms with Crippen molar-refractivity contribution in [1.82, 2.24) is 4.98 Å². The number of nitrogens with zero attached hydrogens (tertiary/aromatic N) is 1. The molecule has 0 amide bonds. The van der Waals surface area contributed by atoms with E-state index >= 15 is 0 Å². The van der Waals surface area contributed by atoms with Gasteiger partial charge in [-0.3, -0.25) is 0 Å². The molecule has 0 saturated carbocycles. The van der Waals surface area contributed by atoms with E-state index in [2.05, 4.69) is 9.72 Å². The molecule has 0 unspecified atom stereocenters. The Morgan fingerprint density at radius 2 is 1.92 bits per heavy atom. The van der Waals surface area contributed by atoms with E-state index in [-0.39, 0.29) is 5.75 Å². The summed E-state index contributed by atoms with van der Waals surface area (Å²) in [6.45, 7) is 0.